The van der Waals surface area contributed by atoms with E-state index in [9.17, 15) is 9.59 Å². The Morgan fingerprint density at radius 3 is 2.94 bits per heavy atom. The molecule has 1 fully saturated rings. The fraction of sp³-hybridized carbons (Fsp3) is 0.636. The number of H-pyrrole nitrogens is 1. The molecule has 1 saturated carbocycles. The average molecular weight is 223 g/mol. The summed E-state index contributed by atoms with van der Waals surface area (Å²) < 4.78 is 1.38. The lowest BCUT2D eigenvalue weighted by molar-refractivity contribution is 0.407. The first-order chi connectivity index (χ1) is 7.65. The highest BCUT2D eigenvalue weighted by atomic mass is 16.1. The van der Waals surface area contributed by atoms with Crippen molar-refractivity contribution in [3.63, 3.8) is 0 Å². The number of hydrogen-bond donors (Lipinski definition) is 2. The van der Waals surface area contributed by atoms with Gasteiger partial charge in [0.15, 0.2) is 0 Å². The SMILES string of the molecule is CC(CNC1CC1)Cn1[nH]c(=O)ccc1=O. The van der Waals surface area contributed by atoms with Gasteiger partial charge in [-0.25, -0.2) is 4.68 Å². The van der Waals surface area contributed by atoms with Gasteiger partial charge in [0.2, 0.25) is 0 Å². The van der Waals surface area contributed by atoms with Crippen molar-refractivity contribution in [1.29, 1.82) is 0 Å². The van der Waals surface area contributed by atoms with Gasteiger partial charge in [-0.05, 0) is 25.3 Å². The molecule has 0 spiro atoms. The summed E-state index contributed by atoms with van der Waals surface area (Å²) in [5.41, 5.74) is -0.389. The molecule has 16 heavy (non-hydrogen) atoms. The van der Waals surface area contributed by atoms with Gasteiger partial charge in [0.05, 0.1) is 0 Å². The van der Waals surface area contributed by atoms with Gasteiger partial charge in [-0.1, -0.05) is 6.92 Å². The Hall–Kier alpha value is -1.36. The molecule has 5 heteroatoms. The van der Waals surface area contributed by atoms with E-state index in [1.807, 2.05) is 0 Å². The summed E-state index contributed by atoms with van der Waals surface area (Å²) in [5, 5.41) is 5.93. The molecule has 1 aromatic rings. The first-order valence-electron chi connectivity index (χ1n) is 5.68. The van der Waals surface area contributed by atoms with Gasteiger partial charge in [-0.15, -0.1) is 0 Å². The van der Waals surface area contributed by atoms with E-state index in [1.165, 1.54) is 29.7 Å². The van der Waals surface area contributed by atoms with E-state index in [0.29, 0.717) is 18.5 Å². The smallest absolute Gasteiger partial charge is 0.265 e. The molecule has 0 aliphatic heterocycles. The van der Waals surface area contributed by atoms with Crippen LogP contribution in [0.5, 0.6) is 0 Å². The predicted molar refractivity (Wildman–Crippen MR) is 61.5 cm³/mol. The number of nitrogens with zero attached hydrogens (tertiary/aromatic N) is 1. The summed E-state index contributed by atoms with van der Waals surface area (Å²) in [6.07, 6.45) is 2.52. The average Bonchev–Trinajstić information content (AvgIpc) is 3.04. The lowest BCUT2D eigenvalue weighted by atomic mass is 10.2. The van der Waals surface area contributed by atoms with E-state index in [1.54, 1.807) is 0 Å². The van der Waals surface area contributed by atoms with Crippen LogP contribution in [0.2, 0.25) is 0 Å². The summed E-state index contributed by atoms with van der Waals surface area (Å²) in [7, 11) is 0. The van der Waals surface area contributed by atoms with Gasteiger partial charge in [0.1, 0.15) is 0 Å². The maximum atomic E-state index is 11.4. The molecule has 0 aromatic carbocycles. The lowest BCUT2D eigenvalue weighted by Gasteiger charge is -2.13. The summed E-state index contributed by atoms with van der Waals surface area (Å²) in [6, 6.07) is 3.24. The molecule has 0 saturated heterocycles. The molecule has 0 amide bonds. The van der Waals surface area contributed by atoms with Crippen LogP contribution in [0.3, 0.4) is 0 Å². The zero-order valence-electron chi connectivity index (χ0n) is 9.40. The van der Waals surface area contributed by atoms with Crippen molar-refractivity contribution in [3.05, 3.63) is 32.8 Å². The Morgan fingerprint density at radius 2 is 2.25 bits per heavy atom. The van der Waals surface area contributed by atoms with Gasteiger partial charge in [0.25, 0.3) is 11.1 Å². The number of rotatable bonds is 5. The van der Waals surface area contributed by atoms with Crippen molar-refractivity contribution in [2.24, 2.45) is 5.92 Å². The monoisotopic (exact) mass is 223 g/mol. The second kappa shape index (κ2) is 4.65. The fourth-order valence-electron chi connectivity index (χ4n) is 1.63. The van der Waals surface area contributed by atoms with Crippen molar-refractivity contribution in [3.8, 4) is 0 Å². The third kappa shape index (κ3) is 3.06. The molecule has 0 bridgehead atoms. The molecule has 5 nitrogen and oxygen atoms in total. The topological polar surface area (TPSA) is 66.9 Å². The van der Waals surface area contributed by atoms with Crippen LogP contribution in [0, 0.1) is 5.92 Å². The minimum Gasteiger partial charge on any atom is -0.314 e. The standard InChI is InChI=1S/C11H17N3O2/c1-8(6-12-9-2-3-9)7-14-11(16)5-4-10(15)13-14/h4-5,8-9,12H,2-3,6-7H2,1H3,(H,13,15). The van der Waals surface area contributed by atoms with Crippen LogP contribution < -0.4 is 16.4 Å². The van der Waals surface area contributed by atoms with E-state index >= 15 is 0 Å². The van der Waals surface area contributed by atoms with Gasteiger partial charge < -0.3 is 5.32 Å². The second-order valence-corrected chi connectivity index (χ2v) is 4.55. The summed E-state index contributed by atoms with van der Waals surface area (Å²) >= 11 is 0. The van der Waals surface area contributed by atoms with E-state index in [-0.39, 0.29) is 11.1 Å². The van der Waals surface area contributed by atoms with Crippen LogP contribution in [0.15, 0.2) is 21.7 Å². The quantitative estimate of drug-likeness (QED) is 0.734. The third-order valence-electron chi connectivity index (χ3n) is 2.72. The van der Waals surface area contributed by atoms with Crippen molar-refractivity contribution in [2.45, 2.75) is 32.4 Å². The molecule has 1 heterocycles. The van der Waals surface area contributed by atoms with Crippen LogP contribution in [-0.2, 0) is 6.54 Å². The molecule has 1 aliphatic carbocycles. The van der Waals surface area contributed by atoms with E-state index in [2.05, 4.69) is 17.3 Å². The predicted octanol–water partition coefficient (Wildman–Crippen LogP) is -0.0753. The maximum absolute atomic E-state index is 11.4. The van der Waals surface area contributed by atoms with Crippen molar-refractivity contribution >= 4 is 0 Å². The highest BCUT2D eigenvalue weighted by molar-refractivity contribution is 4.86. The Labute approximate surface area is 93.5 Å². The van der Waals surface area contributed by atoms with Crippen LogP contribution in [0.25, 0.3) is 0 Å². The maximum Gasteiger partial charge on any atom is 0.265 e. The Bertz CT molecular complexity index is 459. The summed E-state index contributed by atoms with van der Waals surface area (Å²) in [5.74, 6) is 0.330. The Morgan fingerprint density at radius 1 is 1.50 bits per heavy atom. The van der Waals surface area contributed by atoms with Crippen molar-refractivity contribution < 1.29 is 0 Å². The molecular formula is C11H17N3O2. The summed E-state index contributed by atoms with van der Waals surface area (Å²) in [6.45, 7) is 3.50. The van der Waals surface area contributed by atoms with Crippen molar-refractivity contribution in [1.82, 2.24) is 15.1 Å². The van der Waals surface area contributed by atoms with Gasteiger partial charge in [0, 0.05) is 24.7 Å². The first kappa shape index (κ1) is 11.1. The highest BCUT2D eigenvalue weighted by Crippen LogP contribution is 2.18. The molecule has 1 aliphatic rings. The normalized spacial score (nSPS) is 17.3. The zero-order chi connectivity index (χ0) is 11.5. The molecule has 1 unspecified atom stereocenters. The molecule has 0 radical (unpaired) electrons. The molecule has 1 aromatic heterocycles. The van der Waals surface area contributed by atoms with Crippen LogP contribution in [0.4, 0.5) is 0 Å². The first-order valence-corrected chi connectivity index (χ1v) is 5.68. The number of aromatic amines is 1. The number of nitrogens with one attached hydrogen (secondary N) is 2. The third-order valence-corrected chi connectivity index (χ3v) is 2.72. The fourth-order valence-corrected chi connectivity index (χ4v) is 1.63. The largest absolute Gasteiger partial charge is 0.314 e. The Kier molecular flexibility index (Phi) is 3.24. The Balaban J connectivity index is 1.93. The minimum atomic E-state index is -0.234. The molecule has 1 atom stereocenters. The second-order valence-electron chi connectivity index (χ2n) is 4.55. The zero-order valence-corrected chi connectivity index (χ0v) is 9.40. The summed E-state index contributed by atoms with van der Waals surface area (Å²) in [4.78, 5) is 22.5. The van der Waals surface area contributed by atoms with Crippen LogP contribution >= 0.6 is 0 Å². The van der Waals surface area contributed by atoms with Gasteiger partial charge >= 0.3 is 0 Å². The lowest BCUT2D eigenvalue weighted by Crippen LogP contribution is -2.33. The van der Waals surface area contributed by atoms with E-state index in [0.717, 1.165) is 6.54 Å². The highest BCUT2D eigenvalue weighted by Gasteiger charge is 2.20. The molecule has 88 valence electrons. The van der Waals surface area contributed by atoms with Crippen molar-refractivity contribution in [2.75, 3.05) is 6.54 Å². The molecule has 2 rings (SSSR count). The van der Waals surface area contributed by atoms with E-state index in [4.69, 9.17) is 0 Å². The van der Waals surface area contributed by atoms with Gasteiger partial charge in [-0.3, -0.25) is 14.7 Å². The van der Waals surface area contributed by atoms with Gasteiger partial charge in [-0.2, -0.15) is 0 Å². The molecular weight excluding hydrogens is 206 g/mol. The van der Waals surface area contributed by atoms with Crippen LogP contribution in [0.1, 0.15) is 19.8 Å². The van der Waals surface area contributed by atoms with E-state index < -0.39 is 0 Å². The number of hydrogen-bond acceptors (Lipinski definition) is 3. The van der Waals surface area contributed by atoms with Crippen LogP contribution in [-0.4, -0.2) is 22.4 Å². The minimum absolute atomic E-state index is 0.155. The molecule has 2 N–H and O–H groups in total. The number of aromatic nitrogens is 2.